The highest BCUT2D eigenvalue weighted by atomic mass is 16.5. The summed E-state index contributed by atoms with van der Waals surface area (Å²) in [6.45, 7) is 16.3. The lowest BCUT2D eigenvalue weighted by atomic mass is 9.85. The van der Waals surface area contributed by atoms with Crippen molar-refractivity contribution in [3.63, 3.8) is 0 Å². The molecule has 1 atom stereocenters. The van der Waals surface area contributed by atoms with E-state index in [0.29, 0.717) is 24.7 Å². The van der Waals surface area contributed by atoms with Gasteiger partial charge in [0.1, 0.15) is 5.75 Å². The number of benzene rings is 3. The topological polar surface area (TPSA) is 64.6 Å². The van der Waals surface area contributed by atoms with E-state index < -0.39 is 0 Å². The van der Waals surface area contributed by atoms with E-state index in [9.17, 15) is 9.59 Å². The van der Waals surface area contributed by atoms with Crippen molar-refractivity contribution in [3.05, 3.63) is 88.5 Å². The van der Waals surface area contributed by atoms with E-state index in [1.807, 2.05) is 24.3 Å². The number of nitrogens with one attached hydrogen (secondary N) is 1. The summed E-state index contributed by atoms with van der Waals surface area (Å²) in [4.78, 5) is 23.7. The van der Waals surface area contributed by atoms with Crippen LogP contribution >= 0.6 is 0 Å². The van der Waals surface area contributed by atoms with Crippen molar-refractivity contribution < 1.29 is 19.1 Å². The van der Waals surface area contributed by atoms with Gasteiger partial charge in [-0.15, -0.1) is 0 Å². The molecule has 1 unspecified atom stereocenters. The number of esters is 1. The minimum absolute atomic E-state index is 0.144. The Morgan fingerprint density at radius 1 is 0.925 bits per heavy atom. The minimum atomic E-state index is -0.305. The van der Waals surface area contributed by atoms with Crippen molar-refractivity contribution in [3.8, 4) is 16.9 Å². The Morgan fingerprint density at radius 2 is 1.55 bits per heavy atom. The van der Waals surface area contributed by atoms with Gasteiger partial charge >= 0.3 is 5.97 Å². The number of hydrogen-bond acceptors (Lipinski definition) is 4. The smallest absolute Gasteiger partial charge is 0.307 e. The van der Waals surface area contributed by atoms with Gasteiger partial charge in [-0.3, -0.25) is 9.59 Å². The van der Waals surface area contributed by atoms with Gasteiger partial charge in [0.15, 0.2) is 0 Å². The van der Waals surface area contributed by atoms with E-state index in [1.54, 1.807) is 6.92 Å². The fourth-order valence-electron chi connectivity index (χ4n) is 4.89. The summed E-state index contributed by atoms with van der Waals surface area (Å²) in [5.74, 6) is 0.860. The molecule has 5 heteroatoms. The van der Waals surface area contributed by atoms with Crippen LogP contribution in [-0.4, -0.2) is 31.6 Å². The molecule has 0 bridgehead atoms. The Balaban J connectivity index is 1.48. The van der Waals surface area contributed by atoms with Gasteiger partial charge < -0.3 is 14.8 Å². The summed E-state index contributed by atoms with van der Waals surface area (Å²) in [5, 5.41) is 2.76. The van der Waals surface area contributed by atoms with Gasteiger partial charge in [-0.1, -0.05) is 64.1 Å². The molecule has 0 spiro atoms. The van der Waals surface area contributed by atoms with Crippen LogP contribution in [0.4, 0.5) is 0 Å². The van der Waals surface area contributed by atoms with Crippen molar-refractivity contribution in [1.29, 1.82) is 0 Å². The molecule has 5 nitrogen and oxygen atoms in total. The van der Waals surface area contributed by atoms with E-state index in [4.69, 9.17) is 9.47 Å². The van der Waals surface area contributed by atoms with Gasteiger partial charge in [0.05, 0.1) is 19.6 Å². The van der Waals surface area contributed by atoms with Crippen molar-refractivity contribution in [2.75, 3.05) is 19.8 Å². The molecule has 214 valence electrons. The molecule has 0 radical (unpaired) electrons. The number of ether oxygens (including phenoxy) is 2. The van der Waals surface area contributed by atoms with Crippen LogP contribution in [0, 0.1) is 19.8 Å². The number of amides is 1. The van der Waals surface area contributed by atoms with E-state index in [0.717, 1.165) is 18.6 Å². The zero-order valence-electron chi connectivity index (χ0n) is 25.2. The molecule has 3 aromatic rings. The Labute approximate surface area is 240 Å². The van der Waals surface area contributed by atoms with Crippen LogP contribution < -0.4 is 10.1 Å². The third-order valence-electron chi connectivity index (χ3n) is 7.15. The van der Waals surface area contributed by atoms with Gasteiger partial charge in [-0.2, -0.15) is 0 Å². The molecule has 1 N–H and O–H groups in total. The molecular weight excluding hydrogens is 498 g/mol. The highest BCUT2D eigenvalue weighted by Crippen LogP contribution is 2.33. The first-order chi connectivity index (χ1) is 19.0. The third kappa shape index (κ3) is 8.97. The monoisotopic (exact) mass is 543 g/mol. The Kier molecular flexibility index (Phi) is 10.9. The second-order valence-electron chi connectivity index (χ2n) is 11.7. The molecule has 0 saturated carbocycles. The first-order valence-corrected chi connectivity index (χ1v) is 14.4. The molecule has 0 fully saturated rings. The predicted molar refractivity (Wildman–Crippen MR) is 163 cm³/mol. The van der Waals surface area contributed by atoms with Crippen molar-refractivity contribution >= 4 is 11.9 Å². The maximum Gasteiger partial charge on any atom is 0.307 e. The molecule has 0 saturated heterocycles. The van der Waals surface area contributed by atoms with Gasteiger partial charge in [0.2, 0.25) is 0 Å². The largest absolute Gasteiger partial charge is 0.494 e. The van der Waals surface area contributed by atoms with Crippen molar-refractivity contribution in [2.45, 2.75) is 73.1 Å². The average Bonchev–Trinajstić information content (AvgIpc) is 2.88. The first-order valence-electron chi connectivity index (χ1n) is 14.4. The van der Waals surface area contributed by atoms with E-state index in [2.05, 4.69) is 83.3 Å². The van der Waals surface area contributed by atoms with Crippen LogP contribution in [0.1, 0.15) is 80.1 Å². The Bertz CT molecular complexity index is 1250. The summed E-state index contributed by atoms with van der Waals surface area (Å²) in [7, 11) is 0. The molecule has 40 heavy (non-hydrogen) atoms. The lowest BCUT2D eigenvalue weighted by molar-refractivity contribution is -0.142. The minimum Gasteiger partial charge on any atom is -0.494 e. The molecule has 0 heterocycles. The van der Waals surface area contributed by atoms with Crippen LogP contribution in [0.5, 0.6) is 5.75 Å². The van der Waals surface area contributed by atoms with E-state index in [-0.39, 0.29) is 30.3 Å². The van der Waals surface area contributed by atoms with Crippen molar-refractivity contribution in [1.82, 2.24) is 5.32 Å². The molecule has 1 amide bonds. The molecule has 0 aromatic heterocycles. The van der Waals surface area contributed by atoms with Gasteiger partial charge in [-0.05, 0) is 103 Å². The highest BCUT2D eigenvalue weighted by molar-refractivity contribution is 5.94. The Morgan fingerprint density at radius 3 is 2.12 bits per heavy atom. The summed E-state index contributed by atoms with van der Waals surface area (Å²) in [5.41, 5.74) is 8.20. The molecule has 0 aliphatic carbocycles. The quantitative estimate of drug-likeness (QED) is 0.239. The maximum atomic E-state index is 12.3. The Hall–Kier alpha value is -3.60. The van der Waals surface area contributed by atoms with Crippen LogP contribution in [0.15, 0.2) is 60.7 Å². The number of hydrogen-bond donors (Lipinski definition) is 1. The van der Waals surface area contributed by atoms with E-state index >= 15 is 0 Å². The lowest BCUT2D eigenvalue weighted by Gasteiger charge is -2.20. The molecule has 3 aromatic carbocycles. The number of carbonyl (C=O) groups excluding carboxylic acids is 2. The highest BCUT2D eigenvalue weighted by Gasteiger charge is 2.15. The molecular formula is C35H45NO4. The average molecular weight is 544 g/mol. The summed E-state index contributed by atoms with van der Waals surface area (Å²) < 4.78 is 11.0. The molecule has 0 aliphatic heterocycles. The standard InChI is InChI=1S/C35H45NO4/c1-8-39-32(37)17-19-36-34(38)29-11-9-27(10-12-29)21-24(2)18-20-40-31-22-25(3)33(26(4)23-31)28-13-15-30(16-14-28)35(5,6)7/h9-16,22-24H,8,17-21H2,1-7H3,(H,36,38). The van der Waals surface area contributed by atoms with Crippen LogP contribution in [-0.2, 0) is 21.4 Å². The number of aryl methyl sites for hydroxylation is 2. The number of rotatable bonds is 12. The third-order valence-corrected chi connectivity index (χ3v) is 7.15. The van der Waals surface area contributed by atoms with E-state index in [1.165, 1.54) is 33.4 Å². The zero-order valence-corrected chi connectivity index (χ0v) is 25.2. The van der Waals surface area contributed by atoms with Crippen molar-refractivity contribution in [2.24, 2.45) is 5.92 Å². The molecule has 3 rings (SSSR count). The normalized spacial score (nSPS) is 12.1. The number of carbonyl (C=O) groups is 2. The fraction of sp³-hybridized carbons (Fsp3) is 0.429. The molecule has 0 aliphatic rings. The maximum absolute atomic E-state index is 12.3. The van der Waals surface area contributed by atoms with Gasteiger partial charge in [0, 0.05) is 12.1 Å². The SMILES string of the molecule is CCOC(=O)CCNC(=O)c1ccc(CC(C)CCOc2cc(C)c(-c3ccc(C(C)(C)C)cc3)c(C)c2)cc1. The van der Waals surface area contributed by atoms with Crippen LogP contribution in [0.3, 0.4) is 0 Å². The zero-order chi connectivity index (χ0) is 29.3. The fourth-order valence-corrected chi connectivity index (χ4v) is 4.89. The summed E-state index contributed by atoms with van der Waals surface area (Å²) >= 11 is 0. The van der Waals surface area contributed by atoms with Gasteiger partial charge in [-0.25, -0.2) is 0 Å². The van der Waals surface area contributed by atoms with Gasteiger partial charge in [0.25, 0.3) is 5.91 Å². The predicted octanol–water partition coefficient (Wildman–Crippen LogP) is 7.60. The summed E-state index contributed by atoms with van der Waals surface area (Å²) in [6.07, 6.45) is 2.02. The lowest BCUT2D eigenvalue weighted by Crippen LogP contribution is -2.26. The second kappa shape index (κ2) is 14.2. The van der Waals surface area contributed by atoms with Crippen LogP contribution in [0.25, 0.3) is 11.1 Å². The second-order valence-corrected chi connectivity index (χ2v) is 11.7. The summed E-state index contributed by atoms with van der Waals surface area (Å²) in [6, 6.07) is 20.9. The first kappa shape index (κ1) is 30.9. The van der Waals surface area contributed by atoms with Crippen LogP contribution in [0.2, 0.25) is 0 Å².